The van der Waals surface area contributed by atoms with Gasteiger partial charge in [-0.1, -0.05) is 0 Å². The van der Waals surface area contributed by atoms with Gasteiger partial charge in [-0.3, -0.25) is 0 Å². The number of morpholine rings is 1. The second kappa shape index (κ2) is 7.35. The van der Waals surface area contributed by atoms with Gasteiger partial charge in [-0.25, -0.2) is 9.97 Å². The fourth-order valence-electron chi connectivity index (χ4n) is 3.97. The highest BCUT2D eigenvalue weighted by Gasteiger charge is 2.38. The Bertz CT molecular complexity index is 1050. The fourth-order valence-corrected chi connectivity index (χ4v) is 4.89. The smallest absolute Gasteiger partial charge is 0.230 e. The summed E-state index contributed by atoms with van der Waals surface area (Å²) in [4.78, 5) is 17.5. The molecule has 2 atom stereocenters. The van der Waals surface area contributed by atoms with E-state index in [1.807, 2.05) is 18.3 Å². The molecule has 158 valence electrons. The fraction of sp³-hybridized carbons (Fsp3) is 0.500. The highest BCUT2D eigenvalue weighted by molar-refractivity contribution is 7.17. The first-order valence-corrected chi connectivity index (χ1v) is 11.4. The third-order valence-corrected chi connectivity index (χ3v) is 6.78. The highest BCUT2D eigenvalue weighted by atomic mass is 32.1. The minimum Gasteiger partial charge on any atom is -0.372 e. The lowest BCUT2D eigenvalue weighted by Gasteiger charge is -2.36. The summed E-state index contributed by atoms with van der Waals surface area (Å²) in [6, 6.07) is 4.08. The Labute approximate surface area is 180 Å². The monoisotopic (exact) mass is 424 g/mol. The van der Waals surface area contributed by atoms with Crippen molar-refractivity contribution in [2.45, 2.75) is 58.3 Å². The number of hydrogen-bond acceptors (Lipinski definition) is 8. The Morgan fingerprint density at radius 3 is 2.60 bits per heavy atom. The molecule has 0 radical (unpaired) electrons. The van der Waals surface area contributed by atoms with Crippen molar-refractivity contribution < 1.29 is 4.74 Å². The van der Waals surface area contributed by atoms with Crippen LogP contribution >= 0.6 is 11.3 Å². The van der Waals surface area contributed by atoms with Crippen LogP contribution in [0.15, 0.2) is 23.7 Å². The molecule has 0 bridgehead atoms. The molecule has 0 spiro atoms. The molecule has 1 aliphatic carbocycles. The number of rotatable bonds is 5. The normalized spacial score (nSPS) is 22.9. The van der Waals surface area contributed by atoms with Gasteiger partial charge in [-0.15, -0.1) is 11.3 Å². The summed E-state index contributed by atoms with van der Waals surface area (Å²) in [6.07, 6.45) is 4.62. The van der Waals surface area contributed by atoms with E-state index < -0.39 is 0 Å². The molecule has 1 saturated carbocycles. The van der Waals surface area contributed by atoms with E-state index in [0.29, 0.717) is 5.95 Å². The molecule has 3 aromatic rings. The van der Waals surface area contributed by atoms with Crippen LogP contribution in [0.4, 0.5) is 23.3 Å². The number of nitrogens with zero attached hydrogens (tertiary/aromatic N) is 4. The van der Waals surface area contributed by atoms with Crippen LogP contribution in [0.5, 0.6) is 0 Å². The maximum absolute atomic E-state index is 5.82. The molecule has 8 heteroatoms. The molecule has 1 aliphatic heterocycles. The average Bonchev–Trinajstić information content (AvgIpc) is 3.30. The molecule has 2 aliphatic rings. The Morgan fingerprint density at radius 2 is 1.93 bits per heavy atom. The van der Waals surface area contributed by atoms with Crippen molar-refractivity contribution in [1.29, 1.82) is 0 Å². The number of ether oxygens (including phenoxy) is 1. The molecule has 0 aromatic carbocycles. The SMILES string of the molecule is Cc1csc2nc(Nc3ccc(N4C[C@@H](C)O[C@@H](C)C4)nc3)nc(NC3(C)CC3)c12. The Morgan fingerprint density at radius 1 is 1.17 bits per heavy atom. The van der Waals surface area contributed by atoms with Gasteiger partial charge in [0.05, 0.1) is 29.5 Å². The number of pyridine rings is 1. The third-order valence-electron chi connectivity index (χ3n) is 5.79. The first kappa shape index (κ1) is 19.5. The van der Waals surface area contributed by atoms with Gasteiger partial charge in [0.15, 0.2) is 0 Å². The quantitative estimate of drug-likeness (QED) is 0.614. The lowest BCUT2D eigenvalue weighted by molar-refractivity contribution is -0.00545. The number of aryl methyl sites for hydroxylation is 1. The van der Waals surface area contributed by atoms with Crippen LogP contribution in [-0.2, 0) is 4.74 Å². The maximum Gasteiger partial charge on any atom is 0.230 e. The van der Waals surface area contributed by atoms with E-state index >= 15 is 0 Å². The summed E-state index contributed by atoms with van der Waals surface area (Å²) in [6.45, 7) is 10.3. The summed E-state index contributed by atoms with van der Waals surface area (Å²) in [5.41, 5.74) is 2.25. The van der Waals surface area contributed by atoms with Gasteiger partial charge in [0.2, 0.25) is 5.95 Å². The van der Waals surface area contributed by atoms with Gasteiger partial charge in [0, 0.05) is 18.6 Å². The molecule has 3 aromatic heterocycles. The number of fused-ring (bicyclic) bond motifs is 1. The zero-order valence-corrected chi connectivity index (χ0v) is 18.7. The van der Waals surface area contributed by atoms with Crippen LogP contribution in [0.2, 0.25) is 0 Å². The maximum atomic E-state index is 5.82. The molecule has 1 saturated heterocycles. The summed E-state index contributed by atoms with van der Waals surface area (Å²) < 4.78 is 5.82. The van der Waals surface area contributed by atoms with Crippen LogP contribution in [0, 0.1) is 6.92 Å². The molecule has 30 heavy (non-hydrogen) atoms. The van der Waals surface area contributed by atoms with E-state index in [1.54, 1.807) is 11.3 Å². The second-order valence-electron chi connectivity index (χ2n) is 8.87. The number of aromatic nitrogens is 3. The Balaban J connectivity index is 1.37. The van der Waals surface area contributed by atoms with Gasteiger partial charge >= 0.3 is 0 Å². The molecule has 0 amide bonds. The van der Waals surface area contributed by atoms with Crippen LogP contribution in [0.25, 0.3) is 10.2 Å². The zero-order chi connectivity index (χ0) is 20.9. The van der Waals surface area contributed by atoms with Gasteiger partial charge < -0.3 is 20.3 Å². The third kappa shape index (κ3) is 3.94. The molecule has 2 N–H and O–H groups in total. The van der Waals surface area contributed by atoms with E-state index in [4.69, 9.17) is 14.7 Å². The van der Waals surface area contributed by atoms with Gasteiger partial charge in [-0.05, 0) is 63.6 Å². The first-order chi connectivity index (χ1) is 14.4. The lowest BCUT2D eigenvalue weighted by atomic mass is 10.2. The number of nitrogens with one attached hydrogen (secondary N) is 2. The number of anilines is 4. The van der Waals surface area contributed by atoms with Crippen molar-refractivity contribution in [2.75, 3.05) is 28.6 Å². The van der Waals surface area contributed by atoms with Crippen LogP contribution in [0.1, 0.15) is 39.2 Å². The Kier molecular flexibility index (Phi) is 4.78. The van der Waals surface area contributed by atoms with Crippen LogP contribution in [-0.4, -0.2) is 45.8 Å². The van der Waals surface area contributed by atoms with Crippen molar-refractivity contribution in [2.24, 2.45) is 0 Å². The van der Waals surface area contributed by atoms with Crippen LogP contribution in [0.3, 0.4) is 0 Å². The minimum atomic E-state index is 0.155. The molecule has 4 heterocycles. The predicted octanol–water partition coefficient (Wildman–Crippen LogP) is 4.72. The predicted molar refractivity (Wildman–Crippen MR) is 123 cm³/mol. The zero-order valence-electron chi connectivity index (χ0n) is 17.9. The topological polar surface area (TPSA) is 75.2 Å². The highest BCUT2D eigenvalue weighted by Crippen LogP contribution is 2.41. The van der Waals surface area contributed by atoms with Crippen molar-refractivity contribution >= 4 is 44.8 Å². The van der Waals surface area contributed by atoms with Gasteiger partial charge in [0.25, 0.3) is 0 Å². The van der Waals surface area contributed by atoms with Crippen molar-refractivity contribution in [3.8, 4) is 0 Å². The van der Waals surface area contributed by atoms with E-state index in [0.717, 1.165) is 40.6 Å². The minimum absolute atomic E-state index is 0.155. The number of thiophene rings is 1. The van der Waals surface area contributed by atoms with Crippen molar-refractivity contribution in [1.82, 2.24) is 15.0 Å². The standard InChI is InChI=1S/C22H28N6OS/c1-13-12-30-20-18(13)19(27-22(4)7-8-22)25-21(26-20)24-16-5-6-17(23-9-16)28-10-14(2)29-15(3)11-28/h5-6,9,12,14-15H,7-8,10-11H2,1-4H3,(H2,24,25,26,27)/t14-,15+. The Hall–Kier alpha value is -2.45. The van der Waals surface area contributed by atoms with Gasteiger partial charge in [0.1, 0.15) is 16.5 Å². The summed E-state index contributed by atoms with van der Waals surface area (Å²) in [5, 5.41) is 10.2. The van der Waals surface area contributed by atoms with Crippen LogP contribution < -0.4 is 15.5 Å². The number of hydrogen-bond donors (Lipinski definition) is 2. The average molecular weight is 425 g/mol. The molecule has 7 nitrogen and oxygen atoms in total. The molecular formula is C22H28N6OS. The largest absolute Gasteiger partial charge is 0.372 e. The second-order valence-corrected chi connectivity index (χ2v) is 9.73. The lowest BCUT2D eigenvalue weighted by Crippen LogP contribution is -2.45. The van der Waals surface area contributed by atoms with Crippen molar-refractivity contribution in [3.05, 3.63) is 29.3 Å². The molecule has 0 unspecified atom stereocenters. The van der Waals surface area contributed by atoms with Gasteiger partial charge in [-0.2, -0.15) is 4.98 Å². The summed E-state index contributed by atoms with van der Waals surface area (Å²) in [5.74, 6) is 2.48. The molecular weight excluding hydrogens is 396 g/mol. The van der Waals surface area contributed by atoms with E-state index in [9.17, 15) is 0 Å². The molecule has 5 rings (SSSR count). The molecule has 2 fully saturated rings. The van der Waals surface area contributed by atoms with E-state index in [1.165, 1.54) is 18.4 Å². The van der Waals surface area contributed by atoms with E-state index in [-0.39, 0.29) is 17.7 Å². The summed E-state index contributed by atoms with van der Waals surface area (Å²) in [7, 11) is 0. The summed E-state index contributed by atoms with van der Waals surface area (Å²) >= 11 is 1.66. The van der Waals surface area contributed by atoms with E-state index in [2.05, 4.69) is 53.6 Å². The van der Waals surface area contributed by atoms with Crippen molar-refractivity contribution in [3.63, 3.8) is 0 Å². The first-order valence-electron chi connectivity index (χ1n) is 10.6.